The lowest BCUT2D eigenvalue weighted by atomic mass is 10.0. The predicted molar refractivity (Wildman–Crippen MR) is 71.8 cm³/mol. The molecule has 1 atom stereocenters. The maximum absolute atomic E-state index is 5.81. The van der Waals surface area contributed by atoms with Crippen LogP contribution >= 0.6 is 15.9 Å². The molecule has 0 fully saturated rings. The van der Waals surface area contributed by atoms with Crippen molar-refractivity contribution in [3.63, 3.8) is 0 Å². The summed E-state index contributed by atoms with van der Waals surface area (Å²) < 4.78 is 12.1. The first-order chi connectivity index (χ1) is 8.26. The van der Waals surface area contributed by atoms with E-state index in [2.05, 4.69) is 34.2 Å². The van der Waals surface area contributed by atoms with Gasteiger partial charge in [0.25, 0.3) is 0 Å². The van der Waals surface area contributed by atoms with Gasteiger partial charge < -0.3 is 14.8 Å². The lowest BCUT2D eigenvalue weighted by molar-refractivity contribution is 0.313. The van der Waals surface area contributed by atoms with Crippen molar-refractivity contribution in [1.29, 1.82) is 0 Å². The summed E-state index contributed by atoms with van der Waals surface area (Å²) >= 11 is 3.55. The fourth-order valence-electron chi connectivity index (χ4n) is 2.19. The van der Waals surface area contributed by atoms with Crippen LogP contribution in [0.15, 0.2) is 16.6 Å². The highest BCUT2D eigenvalue weighted by atomic mass is 79.9. The zero-order valence-corrected chi connectivity index (χ0v) is 11.8. The second-order valence-electron chi connectivity index (χ2n) is 4.13. The number of benzene rings is 1. The first kappa shape index (κ1) is 12.7. The molecule has 1 heterocycles. The van der Waals surface area contributed by atoms with E-state index in [4.69, 9.17) is 9.47 Å². The summed E-state index contributed by atoms with van der Waals surface area (Å²) in [7, 11) is 1.69. The average molecular weight is 300 g/mol. The molecule has 0 amide bonds. The molecule has 3 nitrogen and oxygen atoms in total. The van der Waals surface area contributed by atoms with E-state index in [1.54, 1.807) is 7.11 Å². The Kier molecular flexibility index (Phi) is 4.29. The minimum absolute atomic E-state index is 0.351. The third-order valence-corrected chi connectivity index (χ3v) is 3.58. The van der Waals surface area contributed by atoms with Gasteiger partial charge in [-0.2, -0.15) is 0 Å². The van der Waals surface area contributed by atoms with Crippen molar-refractivity contribution < 1.29 is 9.47 Å². The molecule has 1 aromatic rings. The van der Waals surface area contributed by atoms with Gasteiger partial charge in [0, 0.05) is 11.6 Å². The number of methoxy groups -OCH3 is 1. The van der Waals surface area contributed by atoms with E-state index >= 15 is 0 Å². The molecule has 0 radical (unpaired) electrons. The molecule has 1 N–H and O–H groups in total. The third-order valence-electron chi connectivity index (χ3n) is 2.99. The van der Waals surface area contributed by atoms with Crippen molar-refractivity contribution in [3.8, 4) is 11.5 Å². The van der Waals surface area contributed by atoms with Gasteiger partial charge in [-0.1, -0.05) is 6.92 Å². The van der Waals surface area contributed by atoms with Gasteiger partial charge in [-0.05, 0) is 47.4 Å². The number of fused-ring (bicyclic) bond motifs is 1. The fraction of sp³-hybridized carbons (Fsp3) is 0.538. The third kappa shape index (κ3) is 2.75. The van der Waals surface area contributed by atoms with E-state index in [1.165, 1.54) is 5.56 Å². The predicted octanol–water partition coefficient (Wildman–Crippen LogP) is 3.28. The first-order valence-electron chi connectivity index (χ1n) is 6.00. The van der Waals surface area contributed by atoms with Crippen molar-refractivity contribution in [2.24, 2.45) is 0 Å². The largest absolute Gasteiger partial charge is 0.497 e. The van der Waals surface area contributed by atoms with E-state index in [-0.39, 0.29) is 0 Å². The molecule has 2 rings (SSSR count). The van der Waals surface area contributed by atoms with Gasteiger partial charge in [0.2, 0.25) is 0 Å². The molecule has 0 bridgehead atoms. The van der Waals surface area contributed by atoms with Crippen LogP contribution in [0.4, 0.5) is 0 Å². The van der Waals surface area contributed by atoms with Crippen LogP contribution in [-0.2, 0) is 0 Å². The van der Waals surface area contributed by atoms with E-state index in [0.29, 0.717) is 6.04 Å². The van der Waals surface area contributed by atoms with E-state index in [1.807, 2.05) is 6.07 Å². The smallest absolute Gasteiger partial charge is 0.138 e. The normalized spacial score (nSPS) is 19.1. The summed E-state index contributed by atoms with van der Waals surface area (Å²) in [5, 5.41) is 3.50. The minimum Gasteiger partial charge on any atom is -0.497 e. The van der Waals surface area contributed by atoms with Crippen LogP contribution in [0.1, 0.15) is 31.4 Å². The van der Waals surface area contributed by atoms with Gasteiger partial charge in [-0.15, -0.1) is 0 Å². The zero-order valence-electron chi connectivity index (χ0n) is 10.3. The van der Waals surface area contributed by atoms with Crippen molar-refractivity contribution in [2.75, 3.05) is 20.3 Å². The summed E-state index contributed by atoms with van der Waals surface area (Å²) in [5.74, 6) is 1.82. The van der Waals surface area contributed by atoms with E-state index in [0.717, 1.165) is 42.0 Å². The Balaban J connectivity index is 2.43. The average Bonchev–Trinajstić information content (AvgIpc) is 2.53. The lowest BCUT2D eigenvalue weighted by Gasteiger charge is -2.19. The summed E-state index contributed by atoms with van der Waals surface area (Å²) in [5.41, 5.74) is 1.19. The van der Waals surface area contributed by atoms with Crippen LogP contribution in [-0.4, -0.2) is 20.3 Å². The topological polar surface area (TPSA) is 30.5 Å². The van der Waals surface area contributed by atoms with Gasteiger partial charge >= 0.3 is 0 Å². The van der Waals surface area contributed by atoms with Crippen LogP contribution in [0.2, 0.25) is 0 Å². The molecular weight excluding hydrogens is 282 g/mol. The van der Waals surface area contributed by atoms with Gasteiger partial charge in [-0.3, -0.25) is 0 Å². The Bertz CT molecular complexity index is 395. The van der Waals surface area contributed by atoms with Crippen LogP contribution in [0.3, 0.4) is 0 Å². The number of hydrogen-bond donors (Lipinski definition) is 1. The molecule has 4 heteroatoms. The fourth-order valence-corrected chi connectivity index (χ4v) is 2.76. The second kappa shape index (κ2) is 5.74. The number of hydrogen-bond acceptors (Lipinski definition) is 3. The maximum Gasteiger partial charge on any atom is 0.138 e. The van der Waals surface area contributed by atoms with Crippen molar-refractivity contribution in [3.05, 3.63) is 22.2 Å². The van der Waals surface area contributed by atoms with Gasteiger partial charge in [0.1, 0.15) is 11.5 Å². The highest BCUT2D eigenvalue weighted by molar-refractivity contribution is 9.10. The van der Waals surface area contributed by atoms with Gasteiger partial charge in [0.15, 0.2) is 0 Å². The highest BCUT2D eigenvalue weighted by Gasteiger charge is 2.22. The maximum atomic E-state index is 5.81. The van der Waals surface area contributed by atoms with Crippen molar-refractivity contribution in [1.82, 2.24) is 5.32 Å². The molecule has 1 aromatic carbocycles. The Labute approximate surface area is 111 Å². The number of rotatable bonds is 3. The van der Waals surface area contributed by atoms with Gasteiger partial charge in [0.05, 0.1) is 18.2 Å². The molecule has 0 aromatic heterocycles. The monoisotopic (exact) mass is 299 g/mol. The second-order valence-corrected chi connectivity index (χ2v) is 4.98. The highest BCUT2D eigenvalue weighted by Crippen LogP contribution is 2.40. The van der Waals surface area contributed by atoms with Crippen molar-refractivity contribution in [2.45, 2.75) is 25.8 Å². The SMILES string of the molecule is CCNC1CCCOc2c(Br)cc(OC)cc21. The molecule has 17 heavy (non-hydrogen) atoms. The van der Waals surface area contributed by atoms with Gasteiger partial charge in [-0.25, -0.2) is 0 Å². The molecule has 1 unspecified atom stereocenters. The molecule has 94 valence electrons. The molecule has 0 saturated carbocycles. The summed E-state index contributed by atoms with van der Waals surface area (Å²) in [4.78, 5) is 0. The molecular formula is C13H18BrNO2. The summed E-state index contributed by atoms with van der Waals surface area (Å²) in [6.45, 7) is 3.86. The first-order valence-corrected chi connectivity index (χ1v) is 6.79. The van der Waals surface area contributed by atoms with Crippen LogP contribution < -0.4 is 14.8 Å². The van der Waals surface area contributed by atoms with Crippen LogP contribution in [0.5, 0.6) is 11.5 Å². The number of halogens is 1. The standard InChI is InChI=1S/C13H18BrNO2/c1-3-15-12-5-4-6-17-13-10(12)7-9(16-2)8-11(13)14/h7-8,12,15H,3-6H2,1-2H3. The summed E-state index contributed by atoms with van der Waals surface area (Å²) in [6.07, 6.45) is 2.17. The quantitative estimate of drug-likeness (QED) is 0.929. The molecule has 1 aliphatic heterocycles. The van der Waals surface area contributed by atoms with Crippen LogP contribution in [0.25, 0.3) is 0 Å². The minimum atomic E-state index is 0.351. The molecule has 0 spiro atoms. The zero-order chi connectivity index (χ0) is 12.3. The molecule has 0 saturated heterocycles. The lowest BCUT2D eigenvalue weighted by Crippen LogP contribution is -2.20. The Morgan fingerprint density at radius 1 is 1.53 bits per heavy atom. The Hall–Kier alpha value is -0.740. The van der Waals surface area contributed by atoms with Crippen LogP contribution in [0, 0.1) is 0 Å². The Morgan fingerprint density at radius 2 is 2.35 bits per heavy atom. The summed E-state index contributed by atoms with van der Waals surface area (Å²) in [6, 6.07) is 4.37. The molecule has 1 aliphatic rings. The van der Waals surface area contributed by atoms with Crippen molar-refractivity contribution >= 4 is 15.9 Å². The Morgan fingerprint density at radius 3 is 3.06 bits per heavy atom. The van der Waals surface area contributed by atoms with E-state index < -0.39 is 0 Å². The number of ether oxygens (including phenoxy) is 2. The number of nitrogens with one attached hydrogen (secondary N) is 1. The van der Waals surface area contributed by atoms with E-state index in [9.17, 15) is 0 Å². The molecule has 0 aliphatic carbocycles.